The van der Waals surface area contributed by atoms with Gasteiger partial charge >= 0.3 is 0 Å². The van der Waals surface area contributed by atoms with Gasteiger partial charge in [0, 0.05) is 5.69 Å². The minimum Gasteiger partial charge on any atom is -0.399 e. The molecule has 1 heterocycles. The minimum atomic E-state index is -3.71. The quantitative estimate of drug-likeness (QED) is 0.702. The van der Waals surface area contributed by atoms with Crippen molar-refractivity contribution in [3.8, 4) is 0 Å². The smallest absolute Gasteiger partial charge is 0.241 e. The van der Waals surface area contributed by atoms with Gasteiger partial charge in [-0.2, -0.15) is 5.21 Å². The summed E-state index contributed by atoms with van der Waals surface area (Å²) >= 11 is 0. The Bertz CT molecular complexity index is 711. The van der Waals surface area contributed by atoms with Gasteiger partial charge in [0.1, 0.15) is 0 Å². The van der Waals surface area contributed by atoms with E-state index in [0.717, 1.165) is 5.56 Å². The third-order valence-electron chi connectivity index (χ3n) is 3.01. The van der Waals surface area contributed by atoms with Crippen LogP contribution in [-0.4, -0.2) is 29.0 Å². The summed E-state index contributed by atoms with van der Waals surface area (Å²) in [5.41, 5.74) is 7.60. The first kappa shape index (κ1) is 14.4. The Morgan fingerprint density at radius 2 is 2.05 bits per heavy atom. The summed E-state index contributed by atoms with van der Waals surface area (Å²) in [6, 6.07) is 2.57. The Morgan fingerprint density at radius 1 is 1.35 bits per heavy atom. The van der Waals surface area contributed by atoms with E-state index in [1.807, 2.05) is 6.92 Å². The largest absolute Gasteiger partial charge is 0.399 e. The number of rotatable bonds is 4. The van der Waals surface area contributed by atoms with E-state index in [-0.39, 0.29) is 10.7 Å². The first-order valence-corrected chi connectivity index (χ1v) is 7.42. The maximum Gasteiger partial charge on any atom is 0.241 e. The number of aromatic nitrogens is 4. The average Bonchev–Trinajstić information content (AvgIpc) is 2.86. The Hall–Kier alpha value is -2.00. The van der Waals surface area contributed by atoms with Gasteiger partial charge in [-0.25, -0.2) is 13.1 Å². The molecule has 0 amide bonds. The SMILES string of the molecule is Cc1cc(N)cc(S(=O)(=O)NC(C)c2nn[nH]n2)c1C. The molecule has 0 radical (unpaired) electrons. The number of aromatic amines is 1. The topological polar surface area (TPSA) is 127 Å². The van der Waals surface area contributed by atoms with Gasteiger partial charge in [-0.15, -0.1) is 10.2 Å². The maximum absolute atomic E-state index is 12.4. The summed E-state index contributed by atoms with van der Waals surface area (Å²) in [5, 5.41) is 13.2. The van der Waals surface area contributed by atoms with Crippen molar-refractivity contribution >= 4 is 15.7 Å². The molecule has 9 heteroatoms. The number of anilines is 1. The van der Waals surface area contributed by atoms with E-state index in [4.69, 9.17) is 5.73 Å². The van der Waals surface area contributed by atoms with Gasteiger partial charge in [-0.05, 0) is 44.0 Å². The summed E-state index contributed by atoms with van der Waals surface area (Å²) in [6.45, 7) is 5.19. The van der Waals surface area contributed by atoms with Crippen LogP contribution in [0.1, 0.15) is 29.9 Å². The van der Waals surface area contributed by atoms with Crippen molar-refractivity contribution < 1.29 is 8.42 Å². The Labute approximate surface area is 116 Å². The van der Waals surface area contributed by atoms with Crippen LogP contribution in [0.4, 0.5) is 5.69 Å². The van der Waals surface area contributed by atoms with E-state index in [2.05, 4.69) is 25.3 Å². The number of nitrogens with zero attached hydrogens (tertiary/aromatic N) is 3. The third kappa shape index (κ3) is 2.78. The second kappa shape index (κ2) is 5.17. The molecule has 0 aliphatic rings. The van der Waals surface area contributed by atoms with Crippen molar-refractivity contribution in [1.29, 1.82) is 0 Å². The van der Waals surface area contributed by atoms with Gasteiger partial charge in [0.2, 0.25) is 10.0 Å². The molecule has 8 nitrogen and oxygen atoms in total. The van der Waals surface area contributed by atoms with Crippen molar-refractivity contribution in [2.75, 3.05) is 5.73 Å². The Balaban J connectivity index is 2.36. The number of tetrazole rings is 1. The number of nitrogens with one attached hydrogen (secondary N) is 2. The van der Waals surface area contributed by atoms with Crippen LogP contribution in [0.5, 0.6) is 0 Å². The van der Waals surface area contributed by atoms with Crippen molar-refractivity contribution in [3.63, 3.8) is 0 Å². The number of sulfonamides is 1. The molecule has 4 N–H and O–H groups in total. The molecule has 0 saturated carbocycles. The predicted octanol–water partition coefficient (Wildman–Crippen LogP) is 0.438. The van der Waals surface area contributed by atoms with Gasteiger partial charge in [0.15, 0.2) is 5.82 Å². The maximum atomic E-state index is 12.4. The van der Waals surface area contributed by atoms with Crippen LogP contribution in [0, 0.1) is 13.8 Å². The lowest BCUT2D eigenvalue weighted by molar-refractivity contribution is 0.559. The van der Waals surface area contributed by atoms with Gasteiger partial charge < -0.3 is 5.73 Å². The van der Waals surface area contributed by atoms with E-state index >= 15 is 0 Å². The highest BCUT2D eigenvalue weighted by Gasteiger charge is 2.23. The fourth-order valence-electron chi connectivity index (χ4n) is 1.83. The summed E-state index contributed by atoms with van der Waals surface area (Å²) in [4.78, 5) is 0.158. The number of aryl methyl sites for hydroxylation is 1. The number of H-pyrrole nitrogens is 1. The van der Waals surface area contributed by atoms with Crippen LogP contribution in [0.15, 0.2) is 17.0 Å². The lowest BCUT2D eigenvalue weighted by Crippen LogP contribution is -2.28. The fourth-order valence-corrected chi connectivity index (χ4v) is 3.39. The molecule has 2 aromatic rings. The summed E-state index contributed by atoms with van der Waals surface area (Å²) < 4.78 is 27.3. The van der Waals surface area contributed by atoms with Crippen molar-refractivity contribution in [2.45, 2.75) is 31.7 Å². The summed E-state index contributed by atoms with van der Waals surface area (Å²) in [6.07, 6.45) is 0. The van der Waals surface area contributed by atoms with Crippen LogP contribution in [-0.2, 0) is 10.0 Å². The van der Waals surface area contributed by atoms with Crippen LogP contribution in [0.3, 0.4) is 0 Å². The molecule has 2 rings (SSSR count). The molecule has 0 bridgehead atoms. The average molecular weight is 296 g/mol. The van der Waals surface area contributed by atoms with Crippen molar-refractivity contribution in [1.82, 2.24) is 25.3 Å². The second-order valence-corrected chi connectivity index (χ2v) is 6.26. The van der Waals surface area contributed by atoms with Gasteiger partial charge in [0.25, 0.3) is 0 Å². The number of benzene rings is 1. The molecule has 0 spiro atoms. The van der Waals surface area contributed by atoms with Gasteiger partial charge in [0.05, 0.1) is 10.9 Å². The highest BCUT2D eigenvalue weighted by molar-refractivity contribution is 7.89. The minimum absolute atomic E-state index is 0.158. The van der Waals surface area contributed by atoms with E-state index < -0.39 is 16.1 Å². The number of hydrogen-bond acceptors (Lipinski definition) is 6. The van der Waals surface area contributed by atoms with E-state index in [1.54, 1.807) is 19.9 Å². The molecule has 108 valence electrons. The summed E-state index contributed by atoms with van der Waals surface area (Å²) in [7, 11) is -3.71. The van der Waals surface area contributed by atoms with E-state index in [1.165, 1.54) is 6.07 Å². The van der Waals surface area contributed by atoms with Crippen molar-refractivity contribution in [2.24, 2.45) is 0 Å². The standard InChI is InChI=1S/C11H16N6O2S/c1-6-4-9(12)5-10(7(6)2)20(18,19)15-8(3)11-13-16-17-14-11/h4-5,8,15H,12H2,1-3H3,(H,13,14,16,17). The van der Waals surface area contributed by atoms with Crippen LogP contribution >= 0.6 is 0 Å². The highest BCUT2D eigenvalue weighted by atomic mass is 32.2. The van der Waals surface area contributed by atoms with Gasteiger partial charge in [-0.3, -0.25) is 0 Å². The normalized spacial score (nSPS) is 13.3. The van der Waals surface area contributed by atoms with E-state index in [9.17, 15) is 8.42 Å². The molecule has 0 aliphatic heterocycles. The van der Waals surface area contributed by atoms with E-state index in [0.29, 0.717) is 11.3 Å². The van der Waals surface area contributed by atoms with Crippen LogP contribution < -0.4 is 10.5 Å². The van der Waals surface area contributed by atoms with Crippen LogP contribution in [0.2, 0.25) is 0 Å². The number of nitrogens with two attached hydrogens (primary N) is 1. The monoisotopic (exact) mass is 296 g/mol. The lowest BCUT2D eigenvalue weighted by atomic mass is 10.1. The molecule has 20 heavy (non-hydrogen) atoms. The molecular formula is C11H16N6O2S. The Kier molecular flexibility index (Phi) is 3.73. The fraction of sp³-hybridized carbons (Fsp3) is 0.364. The molecule has 1 aromatic carbocycles. The molecule has 1 atom stereocenters. The molecular weight excluding hydrogens is 280 g/mol. The zero-order valence-corrected chi connectivity index (χ0v) is 12.2. The first-order chi connectivity index (χ1) is 9.31. The lowest BCUT2D eigenvalue weighted by Gasteiger charge is -2.14. The third-order valence-corrected chi connectivity index (χ3v) is 4.68. The first-order valence-electron chi connectivity index (χ1n) is 5.93. The Morgan fingerprint density at radius 3 is 2.65 bits per heavy atom. The molecule has 1 aromatic heterocycles. The predicted molar refractivity (Wildman–Crippen MR) is 73.2 cm³/mol. The second-order valence-electron chi connectivity index (χ2n) is 4.57. The number of nitrogen functional groups attached to an aromatic ring is 1. The molecule has 1 unspecified atom stereocenters. The van der Waals surface area contributed by atoms with Gasteiger partial charge in [-0.1, -0.05) is 5.21 Å². The molecule has 0 aliphatic carbocycles. The molecule has 0 saturated heterocycles. The zero-order valence-electron chi connectivity index (χ0n) is 11.4. The highest BCUT2D eigenvalue weighted by Crippen LogP contribution is 2.23. The van der Waals surface area contributed by atoms with Crippen molar-refractivity contribution in [3.05, 3.63) is 29.1 Å². The zero-order chi connectivity index (χ0) is 14.9. The van der Waals surface area contributed by atoms with Crippen LogP contribution in [0.25, 0.3) is 0 Å². The summed E-state index contributed by atoms with van der Waals surface area (Å²) in [5.74, 6) is 0.270. The number of hydrogen-bond donors (Lipinski definition) is 3. The molecule has 0 fully saturated rings.